The number of halogens is 4. The zero-order valence-electron chi connectivity index (χ0n) is 15.5. The van der Waals surface area contributed by atoms with Gasteiger partial charge >= 0.3 is 0 Å². The topological polar surface area (TPSA) is 70.6 Å². The largest absolute Gasteiger partial charge is 0.396 e. The van der Waals surface area contributed by atoms with E-state index >= 15 is 0 Å². The monoisotopic (exact) mass is 568 g/mol. The van der Waals surface area contributed by atoms with Gasteiger partial charge in [-0.3, -0.25) is 9.63 Å². The van der Waals surface area contributed by atoms with E-state index in [1.807, 2.05) is 19.1 Å². The number of hydrogen-bond donors (Lipinski definition) is 3. The second-order valence-corrected chi connectivity index (χ2v) is 8.86. The molecule has 0 aliphatic carbocycles. The van der Waals surface area contributed by atoms with Gasteiger partial charge in [0.1, 0.15) is 0 Å². The molecular weight excluding hydrogens is 549 g/mol. The minimum absolute atomic E-state index is 0.127. The highest BCUT2D eigenvalue weighted by Crippen LogP contribution is 2.32. The van der Waals surface area contributed by atoms with E-state index in [1.165, 1.54) is 6.07 Å². The number of aliphatic hydroxyl groups is 1. The van der Waals surface area contributed by atoms with Crippen molar-refractivity contribution in [3.63, 3.8) is 0 Å². The van der Waals surface area contributed by atoms with Crippen molar-refractivity contribution in [3.05, 3.63) is 55.1 Å². The van der Waals surface area contributed by atoms with Crippen molar-refractivity contribution >= 4 is 55.8 Å². The van der Waals surface area contributed by atoms with Crippen LogP contribution >= 0.6 is 38.5 Å². The van der Waals surface area contributed by atoms with Gasteiger partial charge in [0.05, 0.1) is 21.3 Å². The molecule has 9 heteroatoms. The lowest BCUT2D eigenvalue weighted by Crippen LogP contribution is -2.37. The van der Waals surface area contributed by atoms with E-state index in [9.17, 15) is 13.6 Å². The molecule has 2 aromatic rings. The third-order valence-electron chi connectivity index (χ3n) is 3.99. The van der Waals surface area contributed by atoms with Gasteiger partial charge in [0.15, 0.2) is 11.6 Å². The van der Waals surface area contributed by atoms with Crippen LogP contribution in [0.4, 0.5) is 20.2 Å². The molecule has 0 atom stereocenters. The van der Waals surface area contributed by atoms with Gasteiger partial charge in [-0.2, -0.15) is 0 Å². The first-order valence-electron chi connectivity index (χ1n) is 8.35. The summed E-state index contributed by atoms with van der Waals surface area (Å²) in [4.78, 5) is 17.9. The summed E-state index contributed by atoms with van der Waals surface area (Å²) in [5, 5.41) is 11.9. The minimum atomic E-state index is -1.19. The number of carbonyl (C=O) groups is 1. The molecule has 0 radical (unpaired) electrons. The summed E-state index contributed by atoms with van der Waals surface area (Å²) in [6.45, 7) is 5.05. The van der Waals surface area contributed by atoms with Crippen LogP contribution in [0.1, 0.15) is 36.2 Å². The Bertz CT molecular complexity index is 894. The van der Waals surface area contributed by atoms with Crippen molar-refractivity contribution in [3.8, 4) is 0 Å². The number of anilines is 2. The molecule has 0 bridgehead atoms. The molecule has 0 aliphatic heterocycles. The summed E-state index contributed by atoms with van der Waals surface area (Å²) < 4.78 is 29.6. The highest BCUT2D eigenvalue weighted by Gasteiger charge is 2.25. The Kier molecular flexibility index (Phi) is 7.77. The maximum absolute atomic E-state index is 14.7. The average molecular weight is 569 g/mol. The molecule has 0 aromatic heterocycles. The Balaban J connectivity index is 2.39. The molecule has 0 unspecified atom stereocenters. The zero-order chi connectivity index (χ0) is 21.1. The molecule has 0 spiro atoms. The van der Waals surface area contributed by atoms with Crippen LogP contribution in [0.15, 0.2) is 28.7 Å². The van der Waals surface area contributed by atoms with E-state index < -0.39 is 23.1 Å². The maximum Gasteiger partial charge on any atom is 0.277 e. The molecule has 0 saturated heterocycles. The number of aliphatic hydroxyl groups excluding tert-OH is 1. The fourth-order valence-electron chi connectivity index (χ4n) is 2.36. The van der Waals surface area contributed by atoms with E-state index in [1.54, 1.807) is 19.9 Å². The number of hydrogen-bond acceptors (Lipinski definition) is 4. The van der Waals surface area contributed by atoms with Gasteiger partial charge in [0.2, 0.25) is 0 Å². The van der Waals surface area contributed by atoms with Crippen LogP contribution < -0.4 is 10.8 Å². The Morgan fingerprint density at radius 1 is 1.29 bits per heavy atom. The fourth-order valence-corrected chi connectivity index (χ4v) is 3.41. The van der Waals surface area contributed by atoms with Crippen LogP contribution in [0.3, 0.4) is 0 Å². The smallest absolute Gasteiger partial charge is 0.277 e. The summed E-state index contributed by atoms with van der Waals surface area (Å²) >= 11 is 5.07. The molecule has 0 heterocycles. The van der Waals surface area contributed by atoms with Crippen molar-refractivity contribution < 1.29 is 23.5 Å². The van der Waals surface area contributed by atoms with Gasteiger partial charge in [0.25, 0.3) is 5.91 Å². The molecule has 1 amide bonds. The Labute approximate surface area is 184 Å². The predicted octanol–water partition coefficient (Wildman–Crippen LogP) is 5.21. The van der Waals surface area contributed by atoms with Crippen LogP contribution in [-0.4, -0.2) is 23.2 Å². The number of hydroxylamine groups is 1. The number of amides is 1. The predicted molar refractivity (Wildman–Crippen MR) is 116 cm³/mol. The second-order valence-electron chi connectivity index (χ2n) is 6.76. The molecular formula is C19H20BrF2IN2O3. The number of carbonyl (C=O) groups excluding carboxylic acids is 1. The average Bonchev–Trinajstić information content (AvgIpc) is 2.61. The summed E-state index contributed by atoms with van der Waals surface area (Å²) in [6, 6.07) is 6.58. The van der Waals surface area contributed by atoms with Crippen LogP contribution in [0.5, 0.6) is 0 Å². The lowest BCUT2D eigenvalue weighted by Gasteiger charge is -2.24. The SMILES string of the molecule is Cc1cc(I)ccc1Nc1c(C(=O)NOC(C)(C)CCO)cc(Br)c(F)c1F. The van der Waals surface area contributed by atoms with E-state index in [-0.39, 0.29) is 28.8 Å². The van der Waals surface area contributed by atoms with Crippen LogP contribution in [-0.2, 0) is 4.84 Å². The molecule has 0 fully saturated rings. The second kappa shape index (κ2) is 9.47. The molecule has 0 saturated carbocycles. The lowest BCUT2D eigenvalue weighted by atomic mass is 10.1. The van der Waals surface area contributed by atoms with E-state index in [0.717, 1.165) is 9.13 Å². The first kappa shape index (κ1) is 23.0. The number of aryl methyl sites for hydroxylation is 1. The molecule has 28 heavy (non-hydrogen) atoms. The first-order chi connectivity index (χ1) is 13.1. The molecule has 152 valence electrons. The molecule has 2 aromatic carbocycles. The third kappa shape index (κ3) is 5.62. The molecule has 0 aliphatic rings. The van der Waals surface area contributed by atoms with Crippen LogP contribution in [0.2, 0.25) is 0 Å². The Morgan fingerprint density at radius 2 is 1.96 bits per heavy atom. The quantitative estimate of drug-likeness (QED) is 0.244. The van der Waals surface area contributed by atoms with Gasteiger partial charge < -0.3 is 10.4 Å². The van der Waals surface area contributed by atoms with E-state index in [0.29, 0.717) is 5.69 Å². The number of nitrogens with one attached hydrogen (secondary N) is 2. The van der Waals surface area contributed by atoms with Crippen molar-refractivity contribution in [1.82, 2.24) is 5.48 Å². The van der Waals surface area contributed by atoms with Gasteiger partial charge in [-0.05, 0) is 89.1 Å². The van der Waals surface area contributed by atoms with Crippen molar-refractivity contribution in [1.29, 1.82) is 0 Å². The normalized spacial score (nSPS) is 11.4. The highest BCUT2D eigenvalue weighted by atomic mass is 127. The molecule has 2 rings (SSSR count). The maximum atomic E-state index is 14.7. The highest BCUT2D eigenvalue weighted by molar-refractivity contribution is 14.1. The van der Waals surface area contributed by atoms with Gasteiger partial charge in [0, 0.05) is 22.3 Å². The fraction of sp³-hybridized carbons (Fsp3) is 0.316. The third-order valence-corrected chi connectivity index (χ3v) is 5.24. The van der Waals surface area contributed by atoms with Crippen molar-refractivity contribution in [2.24, 2.45) is 0 Å². The summed E-state index contributed by atoms with van der Waals surface area (Å²) in [5.74, 6) is -3.05. The Hall–Kier alpha value is -1.30. The van der Waals surface area contributed by atoms with Crippen molar-refractivity contribution in [2.45, 2.75) is 32.8 Å². The number of rotatable bonds is 7. The van der Waals surface area contributed by atoms with Crippen LogP contribution in [0, 0.1) is 22.1 Å². The summed E-state index contributed by atoms with van der Waals surface area (Å²) in [5.41, 5.74) is 2.32. The first-order valence-corrected chi connectivity index (χ1v) is 10.2. The van der Waals surface area contributed by atoms with Crippen LogP contribution in [0.25, 0.3) is 0 Å². The minimum Gasteiger partial charge on any atom is -0.396 e. The van der Waals surface area contributed by atoms with Gasteiger partial charge in [-0.15, -0.1) is 0 Å². The zero-order valence-corrected chi connectivity index (χ0v) is 19.2. The van der Waals surface area contributed by atoms with Gasteiger partial charge in [-0.25, -0.2) is 14.3 Å². The lowest BCUT2D eigenvalue weighted by molar-refractivity contribution is -0.0805. The Morgan fingerprint density at radius 3 is 2.57 bits per heavy atom. The summed E-state index contributed by atoms with van der Waals surface area (Å²) in [6.07, 6.45) is 0.279. The van der Waals surface area contributed by atoms with Gasteiger partial charge in [-0.1, -0.05) is 0 Å². The van der Waals surface area contributed by atoms with E-state index in [4.69, 9.17) is 9.94 Å². The van der Waals surface area contributed by atoms with E-state index in [2.05, 4.69) is 49.3 Å². The molecule has 5 nitrogen and oxygen atoms in total. The summed E-state index contributed by atoms with van der Waals surface area (Å²) in [7, 11) is 0. The van der Waals surface area contributed by atoms with Crippen molar-refractivity contribution in [2.75, 3.05) is 11.9 Å². The standard InChI is InChI=1S/C19H20BrF2IN2O3/c1-10-8-11(23)4-5-14(10)24-17-12(9-13(20)15(21)16(17)22)18(27)25-28-19(2,3)6-7-26/h4-5,8-9,24,26H,6-7H2,1-3H3,(H,25,27). The number of benzene rings is 2. The molecule has 3 N–H and O–H groups in total.